The van der Waals surface area contributed by atoms with Gasteiger partial charge in [-0.1, -0.05) is 12.1 Å². The number of carbonyl (C=O) groups is 1. The molecule has 1 heterocycles. The normalized spacial score (nSPS) is 14.5. The number of hydrogen-bond donors (Lipinski definition) is 4. The Hall–Kier alpha value is -2.05. The number of benzene rings is 1. The van der Waals surface area contributed by atoms with Crippen molar-refractivity contribution in [3.8, 4) is 0 Å². The molecule has 1 aromatic carbocycles. The molecule has 0 radical (unpaired) electrons. The summed E-state index contributed by atoms with van der Waals surface area (Å²) < 4.78 is 5.10. The Morgan fingerprint density at radius 1 is 1.35 bits per heavy atom. The van der Waals surface area contributed by atoms with Gasteiger partial charge in [-0.3, -0.25) is 0 Å². The molecule has 1 amide bonds. The first kappa shape index (κ1) is 17.3. The number of ether oxygens (including phenoxy) is 1. The number of hydrogen-bond acceptors (Lipinski definition) is 4. The van der Waals surface area contributed by atoms with Crippen LogP contribution in [0.2, 0.25) is 0 Å². The molecule has 6 heteroatoms. The molecule has 2 unspecified atom stereocenters. The number of aryl methyl sites for hydroxylation is 1. The van der Waals surface area contributed by atoms with Crippen molar-refractivity contribution in [2.24, 2.45) is 0 Å². The zero-order valence-corrected chi connectivity index (χ0v) is 13.9. The van der Waals surface area contributed by atoms with E-state index in [0.717, 1.165) is 16.5 Å². The van der Waals surface area contributed by atoms with Gasteiger partial charge in [0.2, 0.25) is 0 Å². The number of rotatable bonds is 4. The molecule has 0 aliphatic carbocycles. The minimum Gasteiger partial charge on any atom is -0.444 e. The Bertz CT molecular complexity index is 687. The van der Waals surface area contributed by atoms with Crippen LogP contribution in [-0.2, 0) is 4.74 Å². The molecule has 4 N–H and O–H groups in total. The third-order valence-electron chi connectivity index (χ3n) is 3.48. The summed E-state index contributed by atoms with van der Waals surface area (Å²) in [6.45, 7) is 7.11. The zero-order valence-electron chi connectivity index (χ0n) is 13.9. The molecule has 126 valence electrons. The van der Waals surface area contributed by atoms with Crippen molar-refractivity contribution in [3.63, 3.8) is 0 Å². The third kappa shape index (κ3) is 4.24. The van der Waals surface area contributed by atoms with Crippen molar-refractivity contribution in [2.75, 3.05) is 6.54 Å². The predicted octanol–water partition coefficient (Wildman–Crippen LogP) is 2.40. The summed E-state index contributed by atoms with van der Waals surface area (Å²) in [6.07, 6.45) is -1.20. The van der Waals surface area contributed by atoms with E-state index in [-0.39, 0.29) is 6.54 Å². The molecule has 0 fully saturated rings. The van der Waals surface area contributed by atoms with Crippen LogP contribution in [0.4, 0.5) is 4.79 Å². The maximum Gasteiger partial charge on any atom is 0.407 e. The van der Waals surface area contributed by atoms with E-state index in [1.165, 1.54) is 0 Å². The standard InChI is InChI=1S/C17H24N2O4/c1-10-6-5-7-12-14(10)11(8-18-12)15(21)13(20)9-19-16(22)23-17(2,3)4/h5-8,13,15,18,20-21H,9H2,1-4H3,(H,19,22). The highest BCUT2D eigenvalue weighted by Gasteiger charge is 2.24. The van der Waals surface area contributed by atoms with Crippen LogP contribution in [0, 0.1) is 6.92 Å². The fourth-order valence-electron chi connectivity index (χ4n) is 2.45. The molecule has 0 aliphatic heterocycles. The third-order valence-corrected chi connectivity index (χ3v) is 3.48. The minimum absolute atomic E-state index is 0.103. The van der Waals surface area contributed by atoms with Gasteiger partial charge in [0.1, 0.15) is 17.8 Å². The lowest BCUT2D eigenvalue weighted by atomic mass is 10.0. The Labute approximate surface area is 135 Å². The van der Waals surface area contributed by atoms with E-state index in [4.69, 9.17) is 4.74 Å². The van der Waals surface area contributed by atoms with Gasteiger partial charge < -0.3 is 25.3 Å². The number of amides is 1. The monoisotopic (exact) mass is 320 g/mol. The van der Waals surface area contributed by atoms with Crippen molar-refractivity contribution < 1.29 is 19.7 Å². The van der Waals surface area contributed by atoms with Crippen LogP contribution in [0.1, 0.15) is 38.0 Å². The van der Waals surface area contributed by atoms with Crippen molar-refractivity contribution in [2.45, 2.75) is 45.5 Å². The van der Waals surface area contributed by atoms with Crippen molar-refractivity contribution >= 4 is 17.0 Å². The Balaban J connectivity index is 2.04. The van der Waals surface area contributed by atoms with Crippen LogP contribution in [0.5, 0.6) is 0 Å². The second-order valence-corrected chi connectivity index (χ2v) is 6.64. The lowest BCUT2D eigenvalue weighted by Gasteiger charge is -2.22. The number of nitrogens with one attached hydrogen (secondary N) is 2. The van der Waals surface area contributed by atoms with E-state index in [1.54, 1.807) is 27.0 Å². The second kappa shape index (κ2) is 6.60. The van der Waals surface area contributed by atoms with Crippen LogP contribution >= 0.6 is 0 Å². The van der Waals surface area contributed by atoms with E-state index < -0.39 is 23.9 Å². The molecule has 2 atom stereocenters. The highest BCUT2D eigenvalue weighted by molar-refractivity contribution is 5.86. The summed E-state index contributed by atoms with van der Waals surface area (Å²) in [5.41, 5.74) is 1.90. The first-order valence-corrected chi connectivity index (χ1v) is 7.58. The second-order valence-electron chi connectivity index (χ2n) is 6.64. The van der Waals surface area contributed by atoms with Gasteiger partial charge in [-0.25, -0.2) is 4.79 Å². The highest BCUT2D eigenvalue weighted by Crippen LogP contribution is 2.28. The fourth-order valence-corrected chi connectivity index (χ4v) is 2.45. The van der Waals surface area contributed by atoms with Gasteiger partial charge in [0.15, 0.2) is 0 Å². The largest absolute Gasteiger partial charge is 0.444 e. The van der Waals surface area contributed by atoms with Crippen LogP contribution in [0.25, 0.3) is 10.9 Å². The molecule has 2 aromatic rings. The highest BCUT2D eigenvalue weighted by atomic mass is 16.6. The van der Waals surface area contributed by atoms with Crippen molar-refractivity contribution in [1.82, 2.24) is 10.3 Å². The molecule has 1 aromatic heterocycles. The maximum absolute atomic E-state index is 11.6. The summed E-state index contributed by atoms with van der Waals surface area (Å²) >= 11 is 0. The molecule has 0 spiro atoms. The quantitative estimate of drug-likeness (QED) is 0.696. The number of aliphatic hydroxyl groups excluding tert-OH is 2. The topological polar surface area (TPSA) is 94.6 Å². The summed E-state index contributed by atoms with van der Waals surface area (Å²) in [4.78, 5) is 14.7. The lowest BCUT2D eigenvalue weighted by Crippen LogP contribution is -2.38. The lowest BCUT2D eigenvalue weighted by molar-refractivity contribution is 0.0136. The van der Waals surface area contributed by atoms with Gasteiger partial charge >= 0.3 is 6.09 Å². The van der Waals surface area contributed by atoms with E-state index >= 15 is 0 Å². The van der Waals surface area contributed by atoms with Crippen molar-refractivity contribution in [1.29, 1.82) is 0 Å². The molecule has 0 aliphatic rings. The number of fused-ring (bicyclic) bond motifs is 1. The molecular weight excluding hydrogens is 296 g/mol. The van der Waals surface area contributed by atoms with Crippen LogP contribution in [0.3, 0.4) is 0 Å². The molecule has 0 saturated heterocycles. The summed E-state index contributed by atoms with van der Waals surface area (Å²) in [5.74, 6) is 0. The van der Waals surface area contributed by atoms with Gasteiger partial charge in [-0.2, -0.15) is 0 Å². The number of aromatic amines is 1. The van der Waals surface area contributed by atoms with Crippen molar-refractivity contribution in [3.05, 3.63) is 35.5 Å². The van der Waals surface area contributed by atoms with Gasteiger partial charge in [-0.05, 0) is 39.3 Å². The average Bonchev–Trinajstić information content (AvgIpc) is 2.87. The zero-order chi connectivity index (χ0) is 17.2. The first-order valence-electron chi connectivity index (χ1n) is 7.58. The summed E-state index contributed by atoms with van der Waals surface area (Å²) in [5, 5.41) is 23.9. The smallest absolute Gasteiger partial charge is 0.407 e. The van der Waals surface area contributed by atoms with Gasteiger partial charge in [0.05, 0.1) is 0 Å². The molecule has 2 rings (SSSR count). The number of aromatic nitrogens is 1. The van der Waals surface area contributed by atoms with E-state index in [2.05, 4.69) is 10.3 Å². The molecule has 0 bridgehead atoms. The molecule has 6 nitrogen and oxygen atoms in total. The van der Waals surface area contributed by atoms with Gasteiger partial charge in [-0.15, -0.1) is 0 Å². The van der Waals surface area contributed by atoms with Gasteiger partial charge in [0, 0.05) is 29.2 Å². The Morgan fingerprint density at radius 2 is 2.04 bits per heavy atom. The number of alkyl carbamates (subject to hydrolysis) is 1. The maximum atomic E-state index is 11.6. The molecule has 23 heavy (non-hydrogen) atoms. The summed E-state index contributed by atoms with van der Waals surface area (Å²) in [6, 6.07) is 5.77. The number of aliphatic hydroxyl groups is 2. The molecule has 0 saturated carbocycles. The summed E-state index contributed by atoms with van der Waals surface area (Å²) in [7, 11) is 0. The van der Waals surface area contributed by atoms with E-state index in [1.807, 2.05) is 25.1 Å². The Kier molecular flexibility index (Phi) is 4.97. The number of H-pyrrole nitrogens is 1. The first-order chi connectivity index (χ1) is 10.7. The fraction of sp³-hybridized carbons (Fsp3) is 0.471. The van der Waals surface area contributed by atoms with Crippen LogP contribution in [-0.4, -0.2) is 39.5 Å². The molecular formula is C17H24N2O4. The van der Waals surface area contributed by atoms with Crippen LogP contribution < -0.4 is 5.32 Å². The SMILES string of the molecule is Cc1cccc2[nH]cc(C(O)C(O)CNC(=O)OC(C)(C)C)c12. The predicted molar refractivity (Wildman–Crippen MR) is 88.2 cm³/mol. The van der Waals surface area contributed by atoms with E-state index in [9.17, 15) is 15.0 Å². The minimum atomic E-state index is -1.14. The van der Waals surface area contributed by atoms with E-state index in [0.29, 0.717) is 5.56 Å². The number of carbonyl (C=O) groups excluding carboxylic acids is 1. The Morgan fingerprint density at radius 3 is 2.70 bits per heavy atom. The van der Waals surface area contributed by atoms with Gasteiger partial charge in [0.25, 0.3) is 0 Å². The average molecular weight is 320 g/mol. The van der Waals surface area contributed by atoms with Crippen LogP contribution in [0.15, 0.2) is 24.4 Å².